The van der Waals surface area contributed by atoms with Gasteiger partial charge in [-0.2, -0.15) is 5.10 Å². The van der Waals surface area contributed by atoms with E-state index in [2.05, 4.69) is 0 Å². The number of ether oxygens (including phenoxy) is 3. The van der Waals surface area contributed by atoms with Crippen molar-refractivity contribution < 1.29 is 19.1 Å². The van der Waals surface area contributed by atoms with Gasteiger partial charge in [-0.3, -0.25) is 10.1 Å². The number of nitro groups is 1. The van der Waals surface area contributed by atoms with Crippen LogP contribution in [0.1, 0.15) is 35.4 Å². The first-order chi connectivity index (χ1) is 15.7. The van der Waals surface area contributed by atoms with Gasteiger partial charge in [-0.1, -0.05) is 30.3 Å². The van der Waals surface area contributed by atoms with E-state index in [1.165, 1.54) is 6.07 Å². The molecule has 3 aliphatic heterocycles. The Morgan fingerprint density at radius 2 is 1.78 bits per heavy atom. The average Bonchev–Trinajstić information content (AvgIpc) is 3.29. The summed E-state index contributed by atoms with van der Waals surface area (Å²) in [5.41, 5.74) is 3.62. The number of hydrogen-bond donors (Lipinski definition) is 0. The predicted octanol–water partition coefficient (Wildman–Crippen LogP) is 4.61. The molecule has 0 aliphatic carbocycles. The third kappa shape index (κ3) is 3.03. The van der Waals surface area contributed by atoms with Gasteiger partial charge in [0.25, 0.3) is 5.69 Å². The van der Waals surface area contributed by atoms with Gasteiger partial charge in [0.2, 0.25) is 6.23 Å². The van der Waals surface area contributed by atoms with E-state index in [1.807, 2.05) is 53.5 Å². The molecule has 3 aromatic rings. The van der Waals surface area contributed by atoms with E-state index < -0.39 is 11.2 Å². The first kappa shape index (κ1) is 18.7. The lowest BCUT2D eigenvalue weighted by molar-refractivity contribution is -0.385. The molecule has 0 aromatic heterocycles. The molecule has 8 heteroatoms. The summed E-state index contributed by atoms with van der Waals surface area (Å²) in [7, 11) is 0. The molecule has 2 atom stereocenters. The fraction of sp³-hybridized carbons (Fsp3) is 0.208. The molecule has 0 radical (unpaired) electrons. The van der Waals surface area contributed by atoms with E-state index >= 15 is 0 Å². The van der Waals surface area contributed by atoms with Crippen LogP contribution in [-0.2, 0) is 0 Å². The molecule has 160 valence electrons. The number of hydrogen-bond acceptors (Lipinski definition) is 7. The van der Waals surface area contributed by atoms with Gasteiger partial charge in [0.1, 0.15) is 19.0 Å². The lowest BCUT2D eigenvalue weighted by Crippen LogP contribution is -2.33. The largest absolute Gasteiger partial charge is 0.486 e. The van der Waals surface area contributed by atoms with Crippen LogP contribution in [0.2, 0.25) is 0 Å². The minimum Gasteiger partial charge on any atom is -0.486 e. The molecule has 32 heavy (non-hydrogen) atoms. The molecule has 0 N–H and O–H groups in total. The Labute approximate surface area is 183 Å². The van der Waals surface area contributed by atoms with E-state index in [4.69, 9.17) is 19.3 Å². The summed E-state index contributed by atoms with van der Waals surface area (Å²) in [6.45, 7) is 1.07. The number of nitrogens with zero attached hydrogens (tertiary/aromatic N) is 3. The normalized spacial score (nSPS) is 20.6. The fourth-order valence-corrected chi connectivity index (χ4v) is 4.44. The molecule has 6 rings (SSSR count). The minimum absolute atomic E-state index is 0.0248. The second-order valence-corrected chi connectivity index (χ2v) is 7.87. The summed E-state index contributed by atoms with van der Waals surface area (Å²) >= 11 is 0. The third-order valence-electron chi connectivity index (χ3n) is 5.94. The highest BCUT2D eigenvalue weighted by Crippen LogP contribution is 2.48. The van der Waals surface area contributed by atoms with Crippen molar-refractivity contribution in [1.82, 2.24) is 5.01 Å². The molecule has 3 heterocycles. The molecule has 3 aromatic carbocycles. The summed E-state index contributed by atoms with van der Waals surface area (Å²) in [6.07, 6.45) is 0.121. The Morgan fingerprint density at radius 3 is 2.66 bits per heavy atom. The zero-order valence-corrected chi connectivity index (χ0v) is 17.0. The van der Waals surface area contributed by atoms with Gasteiger partial charge in [0, 0.05) is 35.2 Å². The zero-order valence-electron chi connectivity index (χ0n) is 17.0. The first-order valence-corrected chi connectivity index (χ1v) is 10.4. The number of hydrazone groups is 1. The highest BCUT2D eigenvalue weighted by Gasteiger charge is 2.41. The lowest BCUT2D eigenvalue weighted by atomic mass is 9.95. The maximum absolute atomic E-state index is 11.3. The maximum atomic E-state index is 11.3. The first-order valence-electron chi connectivity index (χ1n) is 10.4. The molecular weight excluding hydrogens is 410 g/mol. The smallest absolute Gasteiger partial charge is 0.269 e. The molecule has 8 nitrogen and oxygen atoms in total. The van der Waals surface area contributed by atoms with E-state index in [0.717, 1.165) is 28.3 Å². The summed E-state index contributed by atoms with van der Waals surface area (Å²) in [5.74, 6) is 2.22. The highest BCUT2D eigenvalue weighted by atomic mass is 16.6. The van der Waals surface area contributed by atoms with Crippen molar-refractivity contribution in [1.29, 1.82) is 0 Å². The van der Waals surface area contributed by atoms with E-state index in [-0.39, 0.29) is 11.7 Å². The molecule has 0 bridgehead atoms. The number of fused-ring (bicyclic) bond motifs is 4. The number of non-ortho nitro benzene ring substituents is 1. The Kier molecular flexibility index (Phi) is 4.24. The second-order valence-electron chi connectivity index (χ2n) is 7.87. The monoisotopic (exact) mass is 429 g/mol. The maximum Gasteiger partial charge on any atom is 0.269 e. The molecule has 0 saturated carbocycles. The minimum atomic E-state index is -0.565. The average molecular weight is 429 g/mol. The van der Waals surface area contributed by atoms with Crippen LogP contribution < -0.4 is 14.2 Å². The summed E-state index contributed by atoms with van der Waals surface area (Å²) < 4.78 is 17.7. The predicted molar refractivity (Wildman–Crippen MR) is 116 cm³/mol. The van der Waals surface area contributed by atoms with E-state index in [0.29, 0.717) is 30.9 Å². The van der Waals surface area contributed by atoms with Crippen molar-refractivity contribution in [2.24, 2.45) is 5.10 Å². The van der Waals surface area contributed by atoms with Gasteiger partial charge in [-0.15, -0.1) is 0 Å². The van der Waals surface area contributed by atoms with Crippen LogP contribution in [0, 0.1) is 10.1 Å². The van der Waals surface area contributed by atoms with Crippen LogP contribution in [0.4, 0.5) is 5.69 Å². The fourth-order valence-electron chi connectivity index (χ4n) is 4.44. The van der Waals surface area contributed by atoms with Gasteiger partial charge in [0.15, 0.2) is 11.5 Å². The van der Waals surface area contributed by atoms with Gasteiger partial charge < -0.3 is 14.2 Å². The van der Waals surface area contributed by atoms with Gasteiger partial charge in [0.05, 0.1) is 16.7 Å². The zero-order chi connectivity index (χ0) is 21.7. The van der Waals surface area contributed by atoms with Gasteiger partial charge in [-0.25, -0.2) is 5.01 Å². The highest BCUT2D eigenvalue weighted by molar-refractivity contribution is 6.02. The summed E-state index contributed by atoms with van der Waals surface area (Å²) in [6, 6.07) is 20.2. The van der Waals surface area contributed by atoms with Crippen molar-refractivity contribution in [2.75, 3.05) is 13.2 Å². The second kappa shape index (κ2) is 7.26. The van der Waals surface area contributed by atoms with Crippen molar-refractivity contribution in [2.45, 2.75) is 18.7 Å². The molecule has 2 unspecified atom stereocenters. The number of rotatable bonds is 3. The van der Waals surface area contributed by atoms with Crippen LogP contribution >= 0.6 is 0 Å². The summed E-state index contributed by atoms with van der Waals surface area (Å²) in [4.78, 5) is 10.9. The Morgan fingerprint density at radius 1 is 0.938 bits per heavy atom. The van der Waals surface area contributed by atoms with E-state index in [1.54, 1.807) is 12.1 Å². The Bertz CT molecular complexity index is 1260. The molecule has 0 fully saturated rings. The van der Waals surface area contributed by atoms with Crippen LogP contribution in [0.15, 0.2) is 71.8 Å². The van der Waals surface area contributed by atoms with Crippen LogP contribution in [0.3, 0.4) is 0 Å². The third-order valence-corrected chi connectivity index (χ3v) is 5.94. The number of nitro benzene ring substituents is 1. The summed E-state index contributed by atoms with van der Waals surface area (Å²) in [5, 5.41) is 18.1. The Balaban J connectivity index is 1.42. The number of para-hydroxylation sites is 1. The van der Waals surface area contributed by atoms with Crippen molar-refractivity contribution in [3.05, 3.63) is 93.5 Å². The molecule has 3 aliphatic rings. The van der Waals surface area contributed by atoms with E-state index in [9.17, 15) is 10.1 Å². The van der Waals surface area contributed by atoms with Crippen molar-refractivity contribution in [3.8, 4) is 17.2 Å². The van der Waals surface area contributed by atoms with Crippen LogP contribution in [0.5, 0.6) is 17.2 Å². The van der Waals surface area contributed by atoms with Crippen molar-refractivity contribution in [3.63, 3.8) is 0 Å². The number of benzene rings is 3. The SMILES string of the molecule is O=[N+]([O-])c1cccc(C2Oc3ccccc3C3CC(c4ccc5c(c4)OCCO5)=NN32)c1. The van der Waals surface area contributed by atoms with Crippen LogP contribution in [0.25, 0.3) is 0 Å². The standard InChI is InChI=1S/C24H19N3O5/c28-27(29)17-5-3-4-16(12-17)24-26-20(18-6-1-2-7-21(18)32-24)14-19(25-26)15-8-9-22-23(13-15)31-11-10-30-22/h1-9,12-13,20,24H,10-11,14H2. The molecule has 0 amide bonds. The topological polar surface area (TPSA) is 86.4 Å². The van der Waals surface area contributed by atoms with Gasteiger partial charge in [-0.05, 0) is 24.3 Å². The quantitative estimate of drug-likeness (QED) is 0.446. The lowest BCUT2D eigenvalue weighted by Gasteiger charge is -2.38. The molecule has 0 saturated heterocycles. The Hall–Kier alpha value is -4.07. The van der Waals surface area contributed by atoms with Crippen LogP contribution in [-0.4, -0.2) is 28.9 Å². The molecular formula is C24H19N3O5. The van der Waals surface area contributed by atoms with Gasteiger partial charge >= 0.3 is 0 Å². The molecule has 0 spiro atoms. The van der Waals surface area contributed by atoms with Crippen molar-refractivity contribution >= 4 is 11.4 Å².